The lowest BCUT2D eigenvalue weighted by atomic mass is 10.0. The van der Waals surface area contributed by atoms with Crippen molar-refractivity contribution in [2.24, 2.45) is 0 Å². The largest absolute Gasteiger partial charge is 0.573 e. The van der Waals surface area contributed by atoms with E-state index in [2.05, 4.69) is 15.0 Å². The van der Waals surface area contributed by atoms with Crippen LogP contribution in [0.2, 0.25) is 0 Å². The summed E-state index contributed by atoms with van der Waals surface area (Å²) in [4.78, 5) is 29.7. The van der Waals surface area contributed by atoms with Gasteiger partial charge in [0.15, 0.2) is 17.5 Å². The Morgan fingerprint density at radius 1 is 1.19 bits per heavy atom. The second-order valence-electron chi connectivity index (χ2n) is 8.21. The molecule has 1 atom stereocenters. The number of alkyl carbamates (subject to hydrolysis) is 1. The Labute approximate surface area is 182 Å². The van der Waals surface area contributed by atoms with Crippen molar-refractivity contribution in [3.05, 3.63) is 53.9 Å². The van der Waals surface area contributed by atoms with Gasteiger partial charge in [0.25, 0.3) is 0 Å². The molecule has 32 heavy (non-hydrogen) atoms. The standard InChI is InChI=1S/C22H22F3N3O4/c1-13(14-8-6-5-7-9-14)28-18-10-15(31-22(23,24)25)12-26-16(18)11-17(19(28)29)27-20(30)32-21(2,3)4/h5-10,12,17H,11H2,1-4H3/p+1/t17-/m1/s1. The van der Waals surface area contributed by atoms with E-state index in [1.807, 2.05) is 0 Å². The molecule has 1 aliphatic rings. The molecule has 1 aromatic carbocycles. The van der Waals surface area contributed by atoms with Gasteiger partial charge in [-0.05, 0) is 32.9 Å². The number of carbonyl (C=O) groups is 2. The molecular formula is C22H23F3N3O4+. The molecule has 3 rings (SSSR count). The molecule has 2 amide bonds. The van der Waals surface area contributed by atoms with E-state index >= 15 is 0 Å². The van der Waals surface area contributed by atoms with E-state index in [-0.39, 0.29) is 12.1 Å². The van der Waals surface area contributed by atoms with E-state index in [0.29, 0.717) is 17.0 Å². The predicted octanol–water partition coefficient (Wildman–Crippen LogP) is 4.11. The normalized spacial score (nSPS) is 18.0. The molecule has 1 aromatic heterocycles. The first kappa shape index (κ1) is 23.2. The van der Waals surface area contributed by atoms with Crippen LogP contribution < -0.4 is 10.1 Å². The number of pyridine rings is 1. The van der Waals surface area contributed by atoms with Gasteiger partial charge in [-0.25, -0.2) is 9.59 Å². The number of hydrogen-bond acceptors (Lipinski definition) is 5. The summed E-state index contributed by atoms with van der Waals surface area (Å²) in [5.74, 6) is -1.08. The van der Waals surface area contributed by atoms with Gasteiger partial charge in [-0.2, -0.15) is 0 Å². The number of rotatable bonds is 3. The Balaban J connectivity index is 2.07. The topological polar surface area (TPSA) is 80.5 Å². The summed E-state index contributed by atoms with van der Waals surface area (Å²) < 4.78 is 48.6. The molecule has 0 radical (unpaired) electrons. The maximum atomic E-state index is 13.3. The maximum Gasteiger partial charge on any atom is 0.573 e. The summed E-state index contributed by atoms with van der Waals surface area (Å²) in [6.07, 6.45) is -4.77. The van der Waals surface area contributed by atoms with Gasteiger partial charge in [0.05, 0.1) is 12.3 Å². The molecule has 0 spiro atoms. The number of hydrogen-bond donors (Lipinski definition) is 1. The van der Waals surface area contributed by atoms with E-state index in [1.54, 1.807) is 58.0 Å². The first-order chi connectivity index (χ1) is 14.8. The zero-order chi connectivity index (χ0) is 23.7. The van der Waals surface area contributed by atoms with Crippen LogP contribution in [0.25, 0.3) is 0 Å². The highest BCUT2D eigenvalue weighted by Crippen LogP contribution is 2.32. The van der Waals surface area contributed by atoms with Gasteiger partial charge in [-0.3, -0.25) is 4.98 Å². The van der Waals surface area contributed by atoms with Crippen molar-refractivity contribution in [1.82, 2.24) is 10.3 Å². The molecule has 10 heteroatoms. The Bertz CT molecular complexity index is 1060. The Morgan fingerprint density at radius 2 is 1.84 bits per heavy atom. The number of aromatic nitrogens is 1. The number of halogens is 3. The van der Waals surface area contributed by atoms with Gasteiger partial charge < -0.3 is 14.8 Å². The van der Waals surface area contributed by atoms with Gasteiger partial charge in [-0.1, -0.05) is 18.2 Å². The summed E-state index contributed by atoms with van der Waals surface area (Å²) in [5, 5.41) is 2.54. The quantitative estimate of drug-likeness (QED) is 0.712. The average Bonchev–Trinajstić information content (AvgIpc) is 2.66. The predicted molar refractivity (Wildman–Crippen MR) is 109 cm³/mol. The van der Waals surface area contributed by atoms with Crippen molar-refractivity contribution >= 4 is 23.4 Å². The van der Waals surface area contributed by atoms with Crippen LogP contribution in [0, 0.1) is 0 Å². The van der Waals surface area contributed by atoms with Gasteiger partial charge in [-0.15, -0.1) is 17.7 Å². The zero-order valence-electron chi connectivity index (χ0n) is 18.0. The van der Waals surface area contributed by atoms with Crippen LogP contribution in [0.4, 0.5) is 23.7 Å². The molecule has 170 valence electrons. The fourth-order valence-corrected chi connectivity index (χ4v) is 3.28. The average molecular weight is 450 g/mol. The minimum atomic E-state index is -4.90. The molecule has 1 N–H and O–H groups in total. The molecule has 0 bridgehead atoms. The number of amides is 2. The molecule has 7 nitrogen and oxygen atoms in total. The molecular weight excluding hydrogens is 427 g/mol. The van der Waals surface area contributed by atoms with Crippen LogP contribution in [-0.4, -0.2) is 45.3 Å². The smallest absolute Gasteiger partial charge is 0.444 e. The third-order valence-electron chi connectivity index (χ3n) is 4.53. The first-order valence-corrected chi connectivity index (χ1v) is 9.81. The fraction of sp³-hybridized carbons (Fsp3) is 0.364. The highest BCUT2D eigenvalue weighted by molar-refractivity contribution is 6.00. The number of benzene rings is 1. The highest BCUT2D eigenvalue weighted by Gasteiger charge is 2.43. The van der Waals surface area contributed by atoms with E-state index in [1.165, 1.54) is 4.58 Å². The summed E-state index contributed by atoms with van der Waals surface area (Å²) >= 11 is 0. The zero-order valence-corrected chi connectivity index (χ0v) is 18.0. The first-order valence-electron chi connectivity index (χ1n) is 9.81. The van der Waals surface area contributed by atoms with Crippen LogP contribution >= 0.6 is 0 Å². The number of nitrogens with one attached hydrogen (secondary N) is 1. The van der Waals surface area contributed by atoms with E-state index in [0.717, 1.165) is 12.3 Å². The van der Waals surface area contributed by atoms with Crippen LogP contribution in [0.15, 0.2) is 42.6 Å². The van der Waals surface area contributed by atoms with Gasteiger partial charge in [0.2, 0.25) is 5.69 Å². The summed E-state index contributed by atoms with van der Waals surface area (Å²) in [7, 11) is 0. The van der Waals surface area contributed by atoms with Gasteiger partial charge in [0, 0.05) is 18.9 Å². The molecule has 0 saturated heterocycles. The lowest BCUT2D eigenvalue weighted by molar-refractivity contribution is -0.374. The van der Waals surface area contributed by atoms with Crippen molar-refractivity contribution in [3.63, 3.8) is 0 Å². The second kappa shape index (κ2) is 8.60. The van der Waals surface area contributed by atoms with Crippen molar-refractivity contribution in [2.45, 2.75) is 52.1 Å². The van der Waals surface area contributed by atoms with Gasteiger partial charge in [0.1, 0.15) is 11.3 Å². The van der Waals surface area contributed by atoms with Crippen molar-refractivity contribution in [1.29, 1.82) is 0 Å². The summed E-state index contributed by atoms with van der Waals surface area (Å²) in [6, 6.07) is 8.96. The van der Waals surface area contributed by atoms with Crippen LogP contribution in [0.3, 0.4) is 0 Å². The van der Waals surface area contributed by atoms with Crippen molar-refractivity contribution < 1.29 is 36.8 Å². The minimum absolute atomic E-state index is 0.0156. The molecule has 2 aromatic rings. The Morgan fingerprint density at radius 3 is 2.44 bits per heavy atom. The highest BCUT2D eigenvalue weighted by atomic mass is 19.4. The van der Waals surface area contributed by atoms with Crippen molar-refractivity contribution in [2.75, 3.05) is 0 Å². The number of nitrogens with zero attached hydrogens (tertiary/aromatic N) is 2. The molecule has 0 saturated carbocycles. The monoisotopic (exact) mass is 450 g/mol. The SMILES string of the molecule is CC(c1ccccc1)=[N+]1C(=O)[C@H](NC(=O)OC(C)(C)C)Cc2ncc(OC(F)(F)F)cc21. The number of ether oxygens (including phenoxy) is 2. The maximum absolute atomic E-state index is 13.3. The second-order valence-corrected chi connectivity index (χ2v) is 8.21. The molecule has 0 aliphatic carbocycles. The lowest BCUT2D eigenvalue weighted by Crippen LogP contribution is -2.50. The van der Waals surface area contributed by atoms with Gasteiger partial charge >= 0.3 is 18.4 Å². The Hall–Kier alpha value is -3.43. The van der Waals surface area contributed by atoms with E-state index in [4.69, 9.17) is 4.74 Å². The molecule has 0 unspecified atom stereocenters. The fourth-order valence-electron chi connectivity index (χ4n) is 3.28. The number of fused-ring (bicyclic) bond motifs is 1. The number of alkyl halides is 3. The van der Waals surface area contributed by atoms with Crippen LogP contribution in [0.5, 0.6) is 5.75 Å². The molecule has 2 heterocycles. The third-order valence-corrected chi connectivity index (χ3v) is 4.53. The van der Waals surface area contributed by atoms with E-state index < -0.39 is 35.8 Å². The summed E-state index contributed by atoms with van der Waals surface area (Å²) in [5.41, 5.74) is 0.842. The Kier molecular flexibility index (Phi) is 6.25. The number of carbonyl (C=O) groups excluding carboxylic acids is 2. The van der Waals surface area contributed by atoms with Crippen LogP contribution in [-0.2, 0) is 16.0 Å². The summed E-state index contributed by atoms with van der Waals surface area (Å²) in [6.45, 7) is 6.72. The minimum Gasteiger partial charge on any atom is -0.444 e. The van der Waals surface area contributed by atoms with Crippen LogP contribution in [0.1, 0.15) is 39.0 Å². The lowest BCUT2D eigenvalue weighted by Gasteiger charge is -2.24. The van der Waals surface area contributed by atoms with Crippen molar-refractivity contribution in [3.8, 4) is 5.75 Å². The molecule has 0 fully saturated rings. The van der Waals surface area contributed by atoms with E-state index in [9.17, 15) is 22.8 Å². The molecule has 1 aliphatic heterocycles. The third kappa shape index (κ3) is 5.63.